The number of nitrogens with zero attached hydrogens (tertiary/aromatic N) is 3. The number of hydrogen-bond donors (Lipinski definition) is 0. The molecule has 3 heterocycles. The summed E-state index contributed by atoms with van der Waals surface area (Å²) in [5.74, 6) is 0.437. The molecule has 0 spiro atoms. The average molecular weight is 323 g/mol. The fourth-order valence-corrected chi connectivity index (χ4v) is 4.11. The number of rotatable bonds is 2. The number of pyridine rings is 1. The summed E-state index contributed by atoms with van der Waals surface area (Å²) in [5.41, 5.74) is 2.15. The van der Waals surface area contributed by atoms with Gasteiger partial charge in [-0.15, -0.1) is 0 Å². The van der Waals surface area contributed by atoms with Crippen molar-refractivity contribution < 1.29 is 4.39 Å². The Morgan fingerprint density at radius 3 is 2.88 bits per heavy atom. The molecule has 1 saturated heterocycles. The van der Waals surface area contributed by atoms with E-state index in [1.165, 1.54) is 6.07 Å². The molecule has 0 saturated carbocycles. The van der Waals surface area contributed by atoms with Crippen LogP contribution in [-0.2, 0) is 13.1 Å². The second-order valence-corrected chi connectivity index (χ2v) is 6.81. The highest BCUT2D eigenvalue weighted by molar-refractivity contribution is 5.33. The maximum absolute atomic E-state index is 14.2. The number of halogens is 1. The molecule has 122 valence electrons. The lowest BCUT2D eigenvalue weighted by Gasteiger charge is -2.42. The maximum Gasteiger partial charge on any atom is 0.250 e. The van der Waals surface area contributed by atoms with Crippen molar-refractivity contribution in [2.45, 2.75) is 25.4 Å². The number of hydrogen-bond acceptors (Lipinski definition) is 3. The SMILES string of the molecule is N#Cc1ccc(CN2CC3CC(C2)c2cccc(=O)n2C3)c(F)c1. The minimum absolute atomic E-state index is 0.0776. The van der Waals surface area contributed by atoms with Crippen LogP contribution < -0.4 is 5.56 Å². The molecule has 0 amide bonds. The van der Waals surface area contributed by atoms with Gasteiger partial charge in [0, 0.05) is 49.4 Å². The number of nitriles is 1. The van der Waals surface area contributed by atoms with Crippen LogP contribution in [0.3, 0.4) is 0 Å². The summed E-state index contributed by atoms with van der Waals surface area (Å²) in [6, 6.07) is 12.1. The molecule has 0 N–H and O–H groups in total. The fraction of sp³-hybridized carbons (Fsp3) is 0.368. The smallest absolute Gasteiger partial charge is 0.250 e. The number of aromatic nitrogens is 1. The number of likely N-dealkylation sites (tertiary alicyclic amines) is 1. The third-order valence-electron chi connectivity index (χ3n) is 5.13. The Hall–Kier alpha value is -2.45. The zero-order valence-corrected chi connectivity index (χ0v) is 13.3. The van der Waals surface area contributed by atoms with Crippen LogP contribution in [0.1, 0.15) is 29.2 Å². The molecule has 2 atom stereocenters. The van der Waals surface area contributed by atoms with Gasteiger partial charge < -0.3 is 4.57 Å². The van der Waals surface area contributed by atoms with Gasteiger partial charge in [-0.2, -0.15) is 5.26 Å². The quantitative estimate of drug-likeness (QED) is 0.853. The Balaban J connectivity index is 1.56. The molecule has 2 aliphatic heterocycles. The Labute approximate surface area is 139 Å². The number of piperidine rings is 1. The molecule has 4 rings (SSSR count). The van der Waals surface area contributed by atoms with E-state index in [0.717, 1.165) is 31.7 Å². The van der Waals surface area contributed by atoms with E-state index in [9.17, 15) is 9.18 Å². The van der Waals surface area contributed by atoms with Crippen molar-refractivity contribution in [2.75, 3.05) is 13.1 Å². The Bertz CT molecular complexity index is 883. The summed E-state index contributed by atoms with van der Waals surface area (Å²) < 4.78 is 16.1. The largest absolute Gasteiger partial charge is 0.312 e. The lowest BCUT2D eigenvalue weighted by atomic mass is 9.83. The van der Waals surface area contributed by atoms with E-state index in [1.54, 1.807) is 18.2 Å². The van der Waals surface area contributed by atoms with Gasteiger partial charge in [0.15, 0.2) is 0 Å². The van der Waals surface area contributed by atoms with E-state index in [1.807, 2.05) is 22.8 Å². The first-order valence-electron chi connectivity index (χ1n) is 8.24. The molecular formula is C19H18FN3O. The van der Waals surface area contributed by atoms with Gasteiger partial charge in [0.25, 0.3) is 5.56 Å². The molecule has 1 fully saturated rings. The first kappa shape index (κ1) is 15.1. The van der Waals surface area contributed by atoms with Gasteiger partial charge in [-0.05, 0) is 30.5 Å². The van der Waals surface area contributed by atoms with E-state index < -0.39 is 0 Å². The van der Waals surface area contributed by atoms with Gasteiger partial charge >= 0.3 is 0 Å². The highest BCUT2D eigenvalue weighted by atomic mass is 19.1. The van der Waals surface area contributed by atoms with E-state index in [0.29, 0.717) is 29.5 Å². The predicted molar refractivity (Wildman–Crippen MR) is 87.9 cm³/mol. The lowest BCUT2D eigenvalue weighted by molar-refractivity contribution is 0.113. The van der Waals surface area contributed by atoms with Crippen LogP contribution in [0.4, 0.5) is 4.39 Å². The fourth-order valence-electron chi connectivity index (χ4n) is 4.11. The van der Waals surface area contributed by atoms with E-state index in [4.69, 9.17) is 5.26 Å². The zero-order valence-electron chi connectivity index (χ0n) is 13.3. The van der Waals surface area contributed by atoms with Crippen molar-refractivity contribution >= 4 is 0 Å². The molecule has 4 nitrogen and oxygen atoms in total. The van der Waals surface area contributed by atoms with E-state index >= 15 is 0 Å². The molecule has 5 heteroatoms. The standard InChI is InChI=1S/C19H18FN3O/c20-17-7-13(8-21)4-5-15(17)11-22-9-14-6-16(12-22)18-2-1-3-19(24)23(18)10-14/h1-5,7,14,16H,6,9-12H2. The summed E-state index contributed by atoms with van der Waals surface area (Å²) in [4.78, 5) is 14.3. The normalized spacial score (nSPS) is 22.7. The lowest BCUT2D eigenvalue weighted by Crippen LogP contribution is -2.46. The molecule has 1 aromatic carbocycles. The monoisotopic (exact) mass is 323 g/mol. The second kappa shape index (κ2) is 5.88. The summed E-state index contributed by atoms with van der Waals surface area (Å²) in [6.07, 6.45) is 1.09. The average Bonchev–Trinajstić information content (AvgIpc) is 2.58. The third kappa shape index (κ3) is 2.63. The second-order valence-electron chi connectivity index (χ2n) is 6.81. The molecule has 0 aliphatic carbocycles. The van der Waals surface area contributed by atoms with Crippen LogP contribution in [0.2, 0.25) is 0 Å². The van der Waals surface area contributed by atoms with Crippen LogP contribution in [-0.4, -0.2) is 22.6 Å². The van der Waals surface area contributed by atoms with Gasteiger partial charge in [-0.3, -0.25) is 9.69 Å². The van der Waals surface area contributed by atoms with Gasteiger partial charge in [0.05, 0.1) is 11.6 Å². The Morgan fingerprint density at radius 2 is 2.08 bits per heavy atom. The first-order valence-corrected chi connectivity index (χ1v) is 8.24. The van der Waals surface area contributed by atoms with Crippen LogP contribution in [0.25, 0.3) is 0 Å². The van der Waals surface area contributed by atoms with E-state index in [-0.39, 0.29) is 11.4 Å². The summed E-state index contributed by atoms with van der Waals surface area (Å²) >= 11 is 0. The Morgan fingerprint density at radius 1 is 1.21 bits per heavy atom. The van der Waals surface area contributed by atoms with E-state index in [2.05, 4.69) is 4.90 Å². The minimum Gasteiger partial charge on any atom is -0.312 e. The van der Waals surface area contributed by atoms with Crippen LogP contribution in [0.5, 0.6) is 0 Å². The molecule has 2 unspecified atom stereocenters. The topological polar surface area (TPSA) is 49.0 Å². The number of benzene rings is 1. The molecule has 24 heavy (non-hydrogen) atoms. The first-order chi connectivity index (χ1) is 11.6. The molecule has 2 bridgehead atoms. The molecule has 1 aromatic heterocycles. The van der Waals surface area contributed by atoms with Crippen molar-refractivity contribution in [1.82, 2.24) is 9.47 Å². The molecular weight excluding hydrogens is 305 g/mol. The Kier molecular flexibility index (Phi) is 3.70. The highest BCUT2D eigenvalue weighted by Gasteiger charge is 2.34. The third-order valence-corrected chi connectivity index (χ3v) is 5.13. The van der Waals surface area contributed by atoms with Crippen molar-refractivity contribution in [3.05, 3.63) is 69.4 Å². The van der Waals surface area contributed by atoms with Crippen LogP contribution >= 0.6 is 0 Å². The molecule has 2 aromatic rings. The highest BCUT2D eigenvalue weighted by Crippen LogP contribution is 2.35. The summed E-state index contributed by atoms with van der Waals surface area (Å²) in [6.45, 7) is 3.00. The summed E-state index contributed by atoms with van der Waals surface area (Å²) in [5, 5.41) is 8.84. The van der Waals surface area contributed by atoms with Crippen molar-refractivity contribution in [3.63, 3.8) is 0 Å². The van der Waals surface area contributed by atoms with Crippen molar-refractivity contribution in [3.8, 4) is 6.07 Å². The maximum atomic E-state index is 14.2. The molecule has 2 aliphatic rings. The van der Waals surface area contributed by atoms with Crippen LogP contribution in [0, 0.1) is 23.1 Å². The van der Waals surface area contributed by atoms with Crippen molar-refractivity contribution in [1.29, 1.82) is 5.26 Å². The summed E-state index contributed by atoms with van der Waals surface area (Å²) in [7, 11) is 0. The molecule has 0 radical (unpaired) electrons. The minimum atomic E-state index is -0.318. The number of fused-ring (bicyclic) bond motifs is 4. The van der Waals surface area contributed by atoms with Gasteiger partial charge in [0.2, 0.25) is 0 Å². The van der Waals surface area contributed by atoms with Gasteiger partial charge in [-0.1, -0.05) is 12.1 Å². The van der Waals surface area contributed by atoms with Gasteiger partial charge in [-0.25, -0.2) is 4.39 Å². The zero-order chi connectivity index (χ0) is 16.7. The van der Waals surface area contributed by atoms with Crippen molar-refractivity contribution in [2.24, 2.45) is 5.92 Å². The van der Waals surface area contributed by atoms with Gasteiger partial charge in [0.1, 0.15) is 5.82 Å². The van der Waals surface area contributed by atoms with Crippen LogP contribution in [0.15, 0.2) is 41.2 Å². The predicted octanol–water partition coefficient (Wildman–Crippen LogP) is 2.48.